The molecule has 3 rings (SSSR count). The summed E-state index contributed by atoms with van der Waals surface area (Å²) in [6, 6.07) is 0. The van der Waals surface area contributed by atoms with Gasteiger partial charge < -0.3 is 0 Å². The first kappa shape index (κ1) is 17.4. The Kier molecular flexibility index (Phi) is 4.38. The number of rotatable bonds is 1. The number of allylic oxidation sites excluding steroid dienone is 2. The van der Waals surface area contributed by atoms with E-state index in [0.29, 0.717) is 34.7 Å². The second-order valence-corrected chi connectivity index (χ2v) is 9.27. The maximum atomic E-state index is 12.7. The third-order valence-electron chi connectivity index (χ3n) is 7.44. The molecule has 0 aromatic carbocycles. The van der Waals surface area contributed by atoms with Crippen LogP contribution in [0.3, 0.4) is 0 Å². The molecule has 2 fully saturated rings. The van der Waals surface area contributed by atoms with Gasteiger partial charge in [0.2, 0.25) is 0 Å². The summed E-state index contributed by atoms with van der Waals surface area (Å²) in [6.45, 7) is 7.28. The van der Waals surface area contributed by atoms with Gasteiger partial charge in [-0.15, -0.1) is 0 Å². The molecule has 0 spiro atoms. The van der Waals surface area contributed by atoms with E-state index in [0.717, 1.165) is 18.8 Å². The fourth-order valence-corrected chi connectivity index (χ4v) is 6.44. The Morgan fingerprint density at radius 3 is 2.52 bits per heavy atom. The third kappa shape index (κ3) is 3.35. The molecule has 3 aliphatic rings. The minimum absolute atomic E-state index is 0.328. The lowest BCUT2D eigenvalue weighted by molar-refractivity contribution is -0.127. The third-order valence-corrected chi connectivity index (χ3v) is 7.44. The minimum atomic E-state index is -4.05. The SMILES string of the molecule is CC1(C)CCCC2(C)C3CC=C(CC(F)(F)F)CCC3CCC12. The van der Waals surface area contributed by atoms with Crippen molar-refractivity contribution < 1.29 is 13.2 Å². The van der Waals surface area contributed by atoms with Crippen molar-refractivity contribution in [2.75, 3.05) is 0 Å². The van der Waals surface area contributed by atoms with E-state index in [1.807, 2.05) is 6.08 Å². The maximum Gasteiger partial charge on any atom is 0.392 e. The summed E-state index contributed by atoms with van der Waals surface area (Å²) in [7, 11) is 0. The normalized spacial score (nSPS) is 40.6. The molecule has 0 aliphatic heterocycles. The lowest BCUT2D eigenvalue weighted by Crippen LogP contribution is -2.51. The van der Waals surface area contributed by atoms with Crippen LogP contribution in [0.4, 0.5) is 13.2 Å². The fraction of sp³-hybridized carbons (Fsp3) is 0.900. The average Bonchev–Trinajstić information content (AvgIpc) is 2.59. The highest BCUT2D eigenvalue weighted by atomic mass is 19.4. The predicted octanol–water partition coefficient (Wildman–Crippen LogP) is 6.91. The molecule has 0 radical (unpaired) electrons. The van der Waals surface area contributed by atoms with Crippen molar-refractivity contribution in [2.45, 2.75) is 84.7 Å². The standard InChI is InChI=1S/C20H31F3/c1-18(2)11-4-12-19(3)16-9-6-14(13-20(21,22)23)5-7-15(16)8-10-17(18)19/h6,15-17H,4-5,7-13H2,1-3H3. The monoisotopic (exact) mass is 328 g/mol. The zero-order chi connectivity index (χ0) is 16.9. The van der Waals surface area contributed by atoms with E-state index in [2.05, 4.69) is 20.8 Å². The van der Waals surface area contributed by atoms with E-state index in [4.69, 9.17) is 0 Å². The van der Waals surface area contributed by atoms with Crippen LogP contribution in [0.1, 0.15) is 78.6 Å². The first-order valence-corrected chi connectivity index (χ1v) is 9.36. The van der Waals surface area contributed by atoms with Gasteiger partial charge in [0.15, 0.2) is 0 Å². The van der Waals surface area contributed by atoms with E-state index >= 15 is 0 Å². The quantitative estimate of drug-likeness (QED) is 0.459. The van der Waals surface area contributed by atoms with Crippen molar-refractivity contribution in [3.05, 3.63) is 11.6 Å². The smallest absolute Gasteiger partial charge is 0.171 e. The van der Waals surface area contributed by atoms with E-state index in [1.165, 1.54) is 32.1 Å². The summed E-state index contributed by atoms with van der Waals surface area (Å²) in [5.74, 6) is 1.96. The molecule has 0 N–H and O–H groups in total. The van der Waals surface area contributed by atoms with Gasteiger partial charge in [0.05, 0.1) is 6.42 Å². The molecule has 0 heterocycles. The van der Waals surface area contributed by atoms with Gasteiger partial charge in [0.25, 0.3) is 0 Å². The van der Waals surface area contributed by atoms with Crippen LogP contribution in [-0.4, -0.2) is 6.18 Å². The van der Waals surface area contributed by atoms with E-state index in [-0.39, 0.29) is 0 Å². The number of fused-ring (bicyclic) bond motifs is 3. The lowest BCUT2D eigenvalue weighted by atomic mass is 9.46. The Morgan fingerprint density at radius 1 is 1.09 bits per heavy atom. The molecule has 3 aliphatic carbocycles. The van der Waals surface area contributed by atoms with Crippen LogP contribution in [0, 0.1) is 28.6 Å². The van der Waals surface area contributed by atoms with Crippen LogP contribution in [0.2, 0.25) is 0 Å². The summed E-state index contributed by atoms with van der Waals surface area (Å²) in [5, 5.41) is 0. The predicted molar refractivity (Wildman–Crippen MR) is 88.0 cm³/mol. The highest BCUT2D eigenvalue weighted by Crippen LogP contribution is 2.63. The molecule has 0 aromatic rings. The van der Waals surface area contributed by atoms with Crippen LogP contribution in [-0.2, 0) is 0 Å². The molecule has 132 valence electrons. The number of alkyl halides is 3. The van der Waals surface area contributed by atoms with Gasteiger partial charge in [0, 0.05) is 0 Å². The molecule has 4 unspecified atom stereocenters. The Hall–Kier alpha value is -0.470. The van der Waals surface area contributed by atoms with Gasteiger partial charge in [-0.25, -0.2) is 0 Å². The van der Waals surface area contributed by atoms with Crippen molar-refractivity contribution in [3.63, 3.8) is 0 Å². The number of halogens is 3. The molecule has 0 saturated heterocycles. The van der Waals surface area contributed by atoms with Crippen molar-refractivity contribution in [2.24, 2.45) is 28.6 Å². The summed E-state index contributed by atoms with van der Waals surface area (Å²) >= 11 is 0. The summed E-state index contributed by atoms with van der Waals surface area (Å²) in [5.41, 5.74) is 1.36. The molecule has 0 aromatic heterocycles. The zero-order valence-electron chi connectivity index (χ0n) is 14.8. The van der Waals surface area contributed by atoms with Gasteiger partial charge in [-0.3, -0.25) is 0 Å². The first-order chi connectivity index (χ1) is 10.6. The van der Waals surface area contributed by atoms with Crippen molar-refractivity contribution in [1.82, 2.24) is 0 Å². The first-order valence-electron chi connectivity index (χ1n) is 9.36. The summed E-state index contributed by atoms with van der Waals surface area (Å²) < 4.78 is 38.2. The number of hydrogen-bond acceptors (Lipinski definition) is 0. The Balaban J connectivity index is 1.82. The Bertz CT molecular complexity index is 474. The van der Waals surface area contributed by atoms with E-state index in [1.54, 1.807) is 0 Å². The van der Waals surface area contributed by atoms with Crippen LogP contribution >= 0.6 is 0 Å². The van der Waals surface area contributed by atoms with Crippen molar-refractivity contribution >= 4 is 0 Å². The highest BCUT2D eigenvalue weighted by molar-refractivity contribution is 5.12. The molecular weight excluding hydrogens is 297 g/mol. The molecule has 23 heavy (non-hydrogen) atoms. The molecule has 4 atom stereocenters. The second kappa shape index (κ2) is 5.81. The highest BCUT2D eigenvalue weighted by Gasteiger charge is 2.54. The van der Waals surface area contributed by atoms with E-state index in [9.17, 15) is 13.2 Å². The topological polar surface area (TPSA) is 0 Å². The van der Waals surface area contributed by atoms with Gasteiger partial charge in [-0.2, -0.15) is 13.2 Å². The van der Waals surface area contributed by atoms with Crippen molar-refractivity contribution in [1.29, 1.82) is 0 Å². The van der Waals surface area contributed by atoms with Gasteiger partial charge in [0.1, 0.15) is 0 Å². The second-order valence-electron chi connectivity index (χ2n) is 9.27. The van der Waals surface area contributed by atoms with Crippen LogP contribution in [0.25, 0.3) is 0 Å². The van der Waals surface area contributed by atoms with Gasteiger partial charge >= 0.3 is 6.18 Å². The zero-order valence-corrected chi connectivity index (χ0v) is 14.8. The van der Waals surface area contributed by atoms with Crippen LogP contribution in [0.5, 0.6) is 0 Å². The molecule has 0 bridgehead atoms. The largest absolute Gasteiger partial charge is 0.392 e. The molecule has 2 saturated carbocycles. The van der Waals surface area contributed by atoms with Crippen LogP contribution in [0.15, 0.2) is 11.6 Å². The van der Waals surface area contributed by atoms with Gasteiger partial charge in [-0.05, 0) is 73.5 Å². The Morgan fingerprint density at radius 2 is 1.83 bits per heavy atom. The molecule has 0 amide bonds. The number of hydrogen-bond donors (Lipinski definition) is 0. The molecule has 3 heteroatoms. The molecular formula is C20H31F3. The average molecular weight is 328 g/mol. The lowest BCUT2D eigenvalue weighted by Gasteiger charge is -2.59. The minimum Gasteiger partial charge on any atom is -0.171 e. The van der Waals surface area contributed by atoms with Crippen molar-refractivity contribution in [3.8, 4) is 0 Å². The van der Waals surface area contributed by atoms with E-state index < -0.39 is 12.6 Å². The Labute approximate surface area is 138 Å². The fourth-order valence-electron chi connectivity index (χ4n) is 6.44. The summed E-state index contributed by atoms with van der Waals surface area (Å²) in [4.78, 5) is 0. The maximum absolute atomic E-state index is 12.7. The summed E-state index contributed by atoms with van der Waals surface area (Å²) in [6.07, 6.45) is 6.07. The van der Waals surface area contributed by atoms with Gasteiger partial charge in [-0.1, -0.05) is 38.8 Å². The molecule has 0 nitrogen and oxygen atoms in total. The van der Waals surface area contributed by atoms with Crippen LogP contribution < -0.4 is 0 Å².